The highest BCUT2D eigenvalue weighted by molar-refractivity contribution is 5.08. The molecule has 1 aromatic heterocycles. The third-order valence-corrected chi connectivity index (χ3v) is 2.52. The maximum absolute atomic E-state index is 5.68. The molecule has 70 valence electrons. The van der Waals surface area contributed by atoms with Gasteiger partial charge in [0.05, 0.1) is 17.9 Å². The number of hydrogen-bond donors (Lipinski definition) is 1. The first-order valence-corrected chi connectivity index (χ1v) is 4.72. The Balaban J connectivity index is 2.21. The number of nitrogens with zero attached hydrogens (tertiary/aromatic N) is 3. The average molecular weight is 178 g/mol. The van der Waals surface area contributed by atoms with Gasteiger partial charge in [-0.1, -0.05) is 6.42 Å². The second-order valence-electron chi connectivity index (χ2n) is 3.66. The van der Waals surface area contributed by atoms with Crippen LogP contribution in [-0.4, -0.2) is 15.2 Å². The Morgan fingerprint density at radius 1 is 1.54 bits per heavy atom. The van der Waals surface area contributed by atoms with E-state index in [0.29, 0.717) is 11.7 Å². The summed E-state index contributed by atoms with van der Waals surface area (Å²) in [7, 11) is 0. The van der Waals surface area contributed by atoms with Crippen LogP contribution in [0.2, 0.25) is 0 Å². The molecule has 0 bridgehead atoms. The molecule has 0 aromatic carbocycles. The average Bonchev–Trinajstić information content (AvgIpc) is 2.01. The molecule has 0 aliphatic heterocycles. The molecule has 1 aliphatic rings. The predicted octanol–water partition coefficient (Wildman–Crippen LogP) is 1.16. The Labute approximate surface area is 77.6 Å². The SMILES string of the molecule is CC(N)c1nncc(C2CCC2)n1. The lowest BCUT2D eigenvalue weighted by molar-refractivity contribution is 0.406. The fourth-order valence-electron chi connectivity index (χ4n) is 1.42. The summed E-state index contributed by atoms with van der Waals surface area (Å²) in [6.07, 6.45) is 5.53. The van der Waals surface area contributed by atoms with Crippen molar-refractivity contribution in [2.45, 2.75) is 38.1 Å². The Morgan fingerprint density at radius 2 is 2.31 bits per heavy atom. The van der Waals surface area contributed by atoms with Crippen molar-refractivity contribution < 1.29 is 0 Å². The fraction of sp³-hybridized carbons (Fsp3) is 0.667. The standard InChI is InChI=1S/C9H14N4/c1-6(10)9-12-8(5-11-13-9)7-3-2-4-7/h5-7H,2-4,10H2,1H3. The largest absolute Gasteiger partial charge is 0.321 e. The van der Waals surface area contributed by atoms with E-state index < -0.39 is 0 Å². The van der Waals surface area contributed by atoms with Gasteiger partial charge in [0.25, 0.3) is 0 Å². The lowest BCUT2D eigenvalue weighted by Gasteiger charge is -2.24. The van der Waals surface area contributed by atoms with E-state index in [1.54, 1.807) is 6.20 Å². The summed E-state index contributed by atoms with van der Waals surface area (Å²) < 4.78 is 0. The first kappa shape index (κ1) is 8.56. The summed E-state index contributed by atoms with van der Waals surface area (Å²) in [6.45, 7) is 1.88. The molecule has 1 atom stereocenters. The monoisotopic (exact) mass is 178 g/mol. The smallest absolute Gasteiger partial charge is 0.167 e. The second-order valence-corrected chi connectivity index (χ2v) is 3.66. The molecule has 0 saturated heterocycles. The molecule has 1 fully saturated rings. The molecule has 13 heavy (non-hydrogen) atoms. The van der Waals surface area contributed by atoms with Gasteiger partial charge in [-0.25, -0.2) is 4.98 Å². The van der Waals surface area contributed by atoms with Crippen LogP contribution in [0.1, 0.15) is 49.7 Å². The van der Waals surface area contributed by atoms with Gasteiger partial charge in [-0.15, -0.1) is 5.10 Å². The van der Waals surface area contributed by atoms with Crippen molar-refractivity contribution in [3.05, 3.63) is 17.7 Å². The Kier molecular flexibility index (Phi) is 2.22. The quantitative estimate of drug-likeness (QED) is 0.738. The first-order chi connectivity index (χ1) is 6.27. The van der Waals surface area contributed by atoms with E-state index in [2.05, 4.69) is 15.2 Å². The van der Waals surface area contributed by atoms with E-state index in [1.165, 1.54) is 19.3 Å². The summed E-state index contributed by atoms with van der Waals surface area (Å²) in [6, 6.07) is -0.118. The molecule has 2 N–H and O–H groups in total. The number of rotatable bonds is 2. The van der Waals surface area contributed by atoms with Crippen LogP contribution in [0.3, 0.4) is 0 Å². The van der Waals surface area contributed by atoms with Crippen LogP contribution in [0.15, 0.2) is 6.20 Å². The van der Waals surface area contributed by atoms with Crippen LogP contribution < -0.4 is 5.73 Å². The molecule has 0 amide bonds. The highest BCUT2D eigenvalue weighted by Crippen LogP contribution is 2.34. The maximum Gasteiger partial charge on any atom is 0.167 e. The van der Waals surface area contributed by atoms with Crippen molar-refractivity contribution in [2.24, 2.45) is 5.73 Å². The van der Waals surface area contributed by atoms with Crippen molar-refractivity contribution in [3.8, 4) is 0 Å². The van der Waals surface area contributed by atoms with E-state index in [9.17, 15) is 0 Å². The van der Waals surface area contributed by atoms with Gasteiger partial charge < -0.3 is 5.73 Å². The van der Waals surface area contributed by atoms with Crippen molar-refractivity contribution >= 4 is 0 Å². The molecule has 1 aliphatic carbocycles. The van der Waals surface area contributed by atoms with Gasteiger partial charge in [0.1, 0.15) is 0 Å². The zero-order valence-corrected chi connectivity index (χ0v) is 7.77. The molecule has 4 nitrogen and oxygen atoms in total. The number of aromatic nitrogens is 3. The van der Waals surface area contributed by atoms with Crippen LogP contribution in [0, 0.1) is 0 Å². The van der Waals surface area contributed by atoms with Crippen LogP contribution in [0.4, 0.5) is 0 Å². The van der Waals surface area contributed by atoms with Crippen LogP contribution in [0.25, 0.3) is 0 Å². The molecule has 1 saturated carbocycles. The summed E-state index contributed by atoms with van der Waals surface area (Å²) in [5, 5.41) is 7.81. The lowest BCUT2D eigenvalue weighted by atomic mass is 9.83. The van der Waals surface area contributed by atoms with Gasteiger partial charge in [-0.2, -0.15) is 5.10 Å². The highest BCUT2D eigenvalue weighted by Gasteiger charge is 2.21. The van der Waals surface area contributed by atoms with Gasteiger partial charge in [0, 0.05) is 5.92 Å². The number of nitrogens with two attached hydrogens (primary N) is 1. The molecule has 2 rings (SSSR count). The van der Waals surface area contributed by atoms with Crippen LogP contribution in [0.5, 0.6) is 0 Å². The minimum atomic E-state index is -0.118. The van der Waals surface area contributed by atoms with Gasteiger partial charge >= 0.3 is 0 Å². The molecule has 0 spiro atoms. The van der Waals surface area contributed by atoms with E-state index in [1.807, 2.05) is 6.92 Å². The zero-order chi connectivity index (χ0) is 9.26. The van der Waals surface area contributed by atoms with Gasteiger partial charge in [-0.05, 0) is 19.8 Å². The maximum atomic E-state index is 5.68. The van der Waals surface area contributed by atoms with E-state index in [-0.39, 0.29) is 6.04 Å². The molecule has 1 heterocycles. The van der Waals surface area contributed by atoms with Crippen molar-refractivity contribution in [1.82, 2.24) is 15.2 Å². The molecule has 1 aromatic rings. The van der Waals surface area contributed by atoms with Crippen molar-refractivity contribution in [3.63, 3.8) is 0 Å². The molecular formula is C9H14N4. The molecular weight excluding hydrogens is 164 g/mol. The topological polar surface area (TPSA) is 64.7 Å². The minimum absolute atomic E-state index is 0.118. The van der Waals surface area contributed by atoms with Crippen LogP contribution in [-0.2, 0) is 0 Å². The van der Waals surface area contributed by atoms with E-state index >= 15 is 0 Å². The zero-order valence-electron chi connectivity index (χ0n) is 7.77. The normalized spacial score (nSPS) is 19.5. The summed E-state index contributed by atoms with van der Waals surface area (Å²) in [5.41, 5.74) is 6.74. The van der Waals surface area contributed by atoms with Gasteiger partial charge in [0.2, 0.25) is 0 Å². The predicted molar refractivity (Wildman–Crippen MR) is 49.0 cm³/mol. The van der Waals surface area contributed by atoms with E-state index in [0.717, 1.165) is 5.69 Å². The Morgan fingerprint density at radius 3 is 2.85 bits per heavy atom. The van der Waals surface area contributed by atoms with E-state index in [4.69, 9.17) is 5.73 Å². The van der Waals surface area contributed by atoms with Crippen molar-refractivity contribution in [1.29, 1.82) is 0 Å². The molecule has 0 radical (unpaired) electrons. The van der Waals surface area contributed by atoms with Crippen molar-refractivity contribution in [2.75, 3.05) is 0 Å². The third-order valence-electron chi connectivity index (χ3n) is 2.52. The molecule has 1 unspecified atom stereocenters. The summed E-state index contributed by atoms with van der Waals surface area (Å²) in [5.74, 6) is 1.26. The highest BCUT2D eigenvalue weighted by atomic mass is 15.2. The second kappa shape index (κ2) is 3.38. The first-order valence-electron chi connectivity index (χ1n) is 4.72. The van der Waals surface area contributed by atoms with Gasteiger partial charge in [-0.3, -0.25) is 0 Å². The molecule has 4 heteroatoms. The lowest BCUT2D eigenvalue weighted by Crippen LogP contribution is -2.16. The van der Waals surface area contributed by atoms with Gasteiger partial charge in [0.15, 0.2) is 5.82 Å². The Hall–Kier alpha value is -1.03. The summed E-state index contributed by atoms with van der Waals surface area (Å²) in [4.78, 5) is 4.40. The van der Waals surface area contributed by atoms with Crippen LogP contribution >= 0.6 is 0 Å². The Bertz CT molecular complexity index is 293. The minimum Gasteiger partial charge on any atom is -0.321 e. The third kappa shape index (κ3) is 1.67. The number of hydrogen-bond acceptors (Lipinski definition) is 4. The summed E-state index contributed by atoms with van der Waals surface area (Å²) >= 11 is 0. The fourth-order valence-corrected chi connectivity index (χ4v) is 1.42.